The van der Waals surface area contributed by atoms with E-state index in [1.54, 1.807) is 7.11 Å². The third-order valence-electron chi connectivity index (χ3n) is 3.58. The van der Waals surface area contributed by atoms with Gasteiger partial charge >= 0.3 is 0 Å². The smallest absolute Gasteiger partial charge is 0.0948 e. The Morgan fingerprint density at radius 2 is 2.27 bits per heavy atom. The predicted octanol–water partition coefficient (Wildman–Crippen LogP) is 0.152. The molecule has 1 heterocycles. The van der Waals surface area contributed by atoms with Gasteiger partial charge in [0.25, 0.3) is 0 Å². The van der Waals surface area contributed by atoms with Crippen molar-refractivity contribution in [2.45, 2.75) is 31.4 Å². The first-order valence-electron chi connectivity index (χ1n) is 5.74. The van der Waals surface area contributed by atoms with Gasteiger partial charge in [-0.3, -0.25) is 0 Å². The van der Waals surface area contributed by atoms with E-state index in [9.17, 15) is 5.11 Å². The Morgan fingerprint density at radius 3 is 2.80 bits per heavy atom. The molecule has 0 spiro atoms. The van der Waals surface area contributed by atoms with Gasteiger partial charge in [0.05, 0.1) is 25.4 Å². The Kier molecular flexibility index (Phi) is 3.61. The normalized spacial score (nSPS) is 33.2. The molecule has 15 heavy (non-hydrogen) atoms. The highest BCUT2D eigenvalue weighted by atomic mass is 16.5. The lowest BCUT2D eigenvalue weighted by Crippen LogP contribution is -2.41. The van der Waals surface area contributed by atoms with Crippen LogP contribution < -0.4 is 5.32 Å². The molecule has 0 amide bonds. The van der Waals surface area contributed by atoms with Gasteiger partial charge in [-0.1, -0.05) is 0 Å². The molecular weight excluding hydrogens is 194 g/mol. The summed E-state index contributed by atoms with van der Waals surface area (Å²) in [5.41, 5.74) is 0.443. The molecule has 0 radical (unpaired) electrons. The van der Waals surface area contributed by atoms with Crippen LogP contribution in [0.2, 0.25) is 0 Å². The zero-order valence-electron chi connectivity index (χ0n) is 9.37. The molecular formula is C11H21NO3. The van der Waals surface area contributed by atoms with Crippen LogP contribution >= 0.6 is 0 Å². The zero-order chi connectivity index (χ0) is 10.7. The summed E-state index contributed by atoms with van der Waals surface area (Å²) >= 11 is 0. The lowest BCUT2D eigenvalue weighted by Gasteiger charge is -2.20. The highest BCUT2D eigenvalue weighted by molar-refractivity contribution is 4.96. The summed E-state index contributed by atoms with van der Waals surface area (Å²) in [6.07, 6.45) is 3.36. The van der Waals surface area contributed by atoms with Crippen LogP contribution in [0.15, 0.2) is 0 Å². The van der Waals surface area contributed by atoms with Crippen LogP contribution in [0.5, 0.6) is 0 Å². The third-order valence-corrected chi connectivity index (χ3v) is 3.58. The summed E-state index contributed by atoms with van der Waals surface area (Å²) in [6, 6.07) is 0.130. The van der Waals surface area contributed by atoms with Crippen molar-refractivity contribution in [2.24, 2.45) is 5.41 Å². The summed E-state index contributed by atoms with van der Waals surface area (Å²) in [4.78, 5) is 0. The molecule has 4 heteroatoms. The van der Waals surface area contributed by atoms with Crippen LogP contribution in [0, 0.1) is 5.41 Å². The standard InChI is InChI=1S/C11H21NO3/c1-14-5-4-11(2-3-11)8-12-9-6-15-7-10(9)13/h9-10,12-13H,2-8H2,1H3. The minimum Gasteiger partial charge on any atom is -0.389 e. The molecule has 2 unspecified atom stereocenters. The molecule has 2 N–H and O–H groups in total. The van der Waals surface area contributed by atoms with Crippen LogP contribution in [0.3, 0.4) is 0 Å². The van der Waals surface area contributed by atoms with Crippen LogP contribution in [0.4, 0.5) is 0 Å². The molecule has 1 aliphatic carbocycles. The molecule has 0 aromatic heterocycles. The third kappa shape index (κ3) is 2.91. The van der Waals surface area contributed by atoms with Crippen LogP contribution in [-0.2, 0) is 9.47 Å². The molecule has 4 nitrogen and oxygen atoms in total. The number of methoxy groups -OCH3 is 1. The van der Waals surface area contributed by atoms with Crippen LogP contribution in [0.25, 0.3) is 0 Å². The summed E-state index contributed by atoms with van der Waals surface area (Å²) in [6.45, 7) is 2.94. The minimum atomic E-state index is -0.330. The van der Waals surface area contributed by atoms with E-state index < -0.39 is 0 Å². The average Bonchev–Trinajstić information content (AvgIpc) is 2.90. The van der Waals surface area contributed by atoms with Crippen molar-refractivity contribution in [3.8, 4) is 0 Å². The predicted molar refractivity (Wildman–Crippen MR) is 56.8 cm³/mol. The topological polar surface area (TPSA) is 50.7 Å². The highest BCUT2D eigenvalue weighted by Crippen LogP contribution is 2.48. The van der Waals surface area contributed by atoms with Crippen molar-refractivity contribution in [3.05, 3.63) is 0 Å². The quantitative estimate of drug-likeness (QED) is 0.662. The van der Waals surface area contributed by atoms with E-state index >= 15 is 0 Å². The maximum atomic E-state index is 9.57. The lowest BCUT2D eigenvalue weighted by molar-refractivity contribution is 0.121. The van der Waals surface area contributed by atoms with Gasteiger partial charge in [-0.25, -0.2) is 0 Å². The fourth-order valence-electron chi connectivity index (χ4n) is 2.10. The van der Waals surface area contributed by atoms with E-state index in [0.29, 0.717) is 18.6 Å². The van der Waals surface area contributed by atoms with Crippen molar-refractivity contribution in [3.63, 3.8) is 0 Å². The minimum absolute atomic E-state index is 0.130. The number of rotatable bonds is 6. The van der Waals surface area contributed by atoms with Crippen LogP contribution in [-0.4, -0.2) is 50.7 Å². The summed E-state index contributed by atoms with van der Waals surface area (Å²) < 4.78 is 10.3. The summed E-state index contributed by atoms with van der Waals surface area (Å²) in [5.74, 6) is 0. The zero-order valence-corrected chi connectivity index (χ0v) is 9.37. The lowest BCUT2D eigenvalue weighted by atomic mass is 10.0. The Balaban J connectivity index is 1.68. The molecule has 1 saturated carbocycles. The fourth-order valence-corrected chi connectivity index (χ4v) is 2.10. The molecule has 0 aromatic carbocycles. The Bertz CT molecular complexity index is 206. The molecule has 1 aliphatic heterocycles. The van der Waals surface area contributed by atoms with Gasteiger partial charge in [-0.15, -0.1) is 0 Å². The van der Waals surface area contributed by atoms with Crippen molar-refractivity contribution in [2.75, 3.05) is 33.5 Å². The number of hydrogen-bond acceptors (Lipinski definition) is 4. The number of ether oxygens (including phenoxy) is 2. The van der Waals surface area contributed by atoms with Gasteiger partial charge in [0.2, 0.25) is 0 Å². The molecule has 2 atom stereocenters. The summed E-state index contributed by atoms with van der Waals surface area (Å²) in [7, 11) is 1.75. The van der Waals surface area contributed by atoms with Gasteiger partial charge in [0.1, 0.15) is 0 Å². The molecule has 88 valence electrons. The van der Waals surface area contributed by atoms with E-state index in [1.807, 2.05) is 0 Å². The number of aliphatic hydroxyl groups is 1. The second-order valence-electron chi connectivity index (χ2n) is 4.83. The van der Waals surface area contributed by atoms with E-state index in [1.165, 1.54) is 12.8 Å². The van der Waals surface area contributed by atoms with Crippen LogP contribution in [0.1, 0.15) is 19.3 Å². The maximum Gasteiger partial charge on any atom is 0.0948 e. The molecule has 0 aromatic rings. The molecule has 0 bridgehead atoms. The second-order valence-corrected chi connectivity index (χ2v) is 4.83. The van der Waals surface area contributed by atoms with Gasteiger partial charge < -0.3 is 19.9 Å². The largest absolute Gasteiger partial charge is 0.389 e. The number of aliphatic hydroxyl groups excluding tert-OH is 1. The number of hydrogen-bond donors (Lipinski definition) is 2. The first-order valence-corrected chi connectivity index (χ1v) is 5.74. The Hall–Kier alpha value is -0.160. The monoisotopic (exact) mass is 215 g/mol. The fraction of sp³-hybridized carbons (Fsp3) is 1.00. The Morgan fingerprint density at radius 1 is 1.47 bits per heavy atom. The molecule has 2 aliphatic rings. The van der Waals surface area contributed by atoms with E-state index in [4.69, 9.17) is 9.47 Å². The summed E-state index contributed by atoms with van der Waals surface area (Å²) in [5, 5.41) is 13.0. The van der Waals surface area contributed by atoms with Gasteiger partial charge in [-0.2, -0.15) is 0 Å². The van der Waals surface area contributed by atoms with E-state index in [0.717, 1.165) is 19.6 Å². The molecule has 1 saturated heterocycles. The van der Waals surface area contributed by atoms with E-state index in [-0.39, 0.29) is 12.1 Å². The van der Waals surface area contributed by atoms with Gasteiger partial charge in [-0.05, 0) is 24.7 Å². The average molecular weight is 215 g/mol. The second kappa shape index (κ2) is 4.78. The van der Waals surface area contributed by atoms with Crippen molar-refractivity contribution < 1.29 is 14.6 Å². The highest BCUT2D eigenvalue weighted by Gasteiger charge is 2.42. The van der Waals surface area contributed by atoms with Gasteiger partial charge in [0, 0.05) is 20.3 Å². The SMILES string of the molecule is COCCC1(CNC2COCC2O)CC1. The number of nitrogens with one attached hydrogen (secondary N) is 1. The van der Waals surface area contributed by atoms with Gasteiger partial charge in [0.15, 0.2) is 0 Å². The molecule has 2 fully saturated rings. The van der Waals surface area contributed by atoms with Crippen molar-refractivity contribution in [1.29, 1.82) is 0 Å². The van der Waals surface area contributed by atoms with Crippen molar-refractivity contribution >= 4 is 0 Å². The van der Waals surface area contributed by atoms with Crippen molar-refractivity contribution in [1.82, 2.24) is 5.32 Å². The van der Waals surface area contributed by atoms with E-state index in [2.05, 4.69) is 5.32 Å². The molecule has 2 rings (SSSR count). The maximum absolute atomic E-state index is 9.57. The first-order chi connectivity index (χ1) is 7.26. The first kappa shape index (κ1) is 11.3. The Labute approximate surface area is 90.9 Å².